The van der Waals surface area contributed by atoms with Crippen LogP contribution in [-0.4, -0.2) is 38.7 Å². The molecule has 0 saturated heterocycles. The molecule has 0 aliphatic heterocycles. The van der Waals surface area contributed by atoms with Crippen LogP contribution in [-0.2, 0) is 9.53 Å². The number of esters is 1. The molecule has 0 N–H and O–H groups in total. The van der Waals surface area contributed by atoms with Gasteiger partial charge in [0.1, 0.15) is 0 Å². The summed E-state index contributed by atoms with van der Waals surface area (Å²) in [5.41, 5.74) is 0. The lowest BCUT2D eigenvalue weighted by atomic mass is 10.1. The highest BCUT2D eigenvalue weighted by Gasteiger charge is 2.15. The van der Waals surface area contributed by atoms with E-state index in [2.05, 4.69) is 26.6 Å². The average Bonchev–Trinajstić information content (AvgIpc) is 2.42. The van der Waals surface area contributed by atoms with Crippen molar-refractivity contribution in [1.82, 2.24) is 0 Å². The van der Waals surface area contributed by atoms with Gasteiger partial charge in [0.2, 0.25) is 0 Å². The lowest BCUT2D eigenvalue weighted by molar-refractivity contribution is -0.137. The molecule has 0 unspecified atom stereocenters. The van der Waals surface area contributed by atoms with E-state index in [1.165, 1.54) is 70.0 Å². The predicted molar refractivity (Wildman–Crippen MR) is 96.9 cm³/mol. The van der Waals surface area contributed by atoms with Gasteiger partial charge in [-0.25, -0.2) is 4.79 Å². The van der Waals surface area contributed by atoms with Crippen molar-refractivity contribution in [2.75, 3.05) is 32.8 Å². The second kappa shape index (κ2) is 13.3. The molecule has 2 nitrogen and oxygen atoms in total. The van der Waals surface area contributed by atoms with Crippen LogP contribution in [0.3, 0.4) is 0 Å². The Morgan fingerprint density at radius 2 is 1.29 bits per heavy atom. The Kier molecular flexibility index (Phi) is 13.1. The summed E-state index contributed by atoms with van der Waals surface area (Å²) >= 11 is 0. The minimum Gasteiger partial charge on any atom is -0.463 e. The second-order valence-electron chi connectivity index (χ2n) is 6.92. The molecule has 124 valence electrons. The molecule has 0 heterocycles. The number of rotatable bonds is 14. The van der Waals surface area contributed by atoms with Gasteiger partial charge < -0.3 is 4.74 Å². The van der Waals surface area contributed by atoms with E-state index in [1.54, 1.807) is 0 Å². The van der Waals surface area contributed by atoms with Gasteiger partial charge in [0.25, 0.3) is 0 Å². The third kappa shape index (κ3) is 17.6. The SMILES string of the molecule is C=CC(=O)OCCCCCCCCCCCC[P+](C)(C)C. The number of hydrogen-bond acceptors (Lipinski definition) is 2. The van der Waals surface area contributed by atoms with Gasteiger partial charge in [-0.2, -0.15) is 0 Å². The van der Waals surface area contributed by atoms with E-state index in [4.69, 9.17) is 4.74 Å². The van der Waals surface area contributed by atoms with Gasteiger partial charge in [-0.15, -0.1) is 0 Å². The summed E-state index contributed by atoms with van der Waals surface area (Å²) in [6.45, 7) is 11.2. The summed E-state index contributed by atoms with van der Waals surface area (Å²) in [5.74, 6) is -0.302. The van der Waals surface area contributed by atoms with E-state index in [9.17, 15) is 4.79 Å². The number of carbonyl (C=O) groups excluding carboxylic acids is 1. The van der Waals surface area contributed by atoms with E-state index in [-0.39, 0.29) is 5.97 Å². The lowest BCUT2D eigenvalue weighted by Gasteiger charge is -2.10. The van der Waals surface area contributed by atoms with Gasteiger partial charge in [-0.05, 0) is 19.3 Å². The molecule has 0 aromatic rings. The Morgan fingerprint density at radius 1 is 0.857 bits per heavy atom. The molecule has 0 fully saturated rings. The molecule has 21 heavy (non-hydrogen) atoms. The third-order valence-corrected chi connectivity index (χ3v) is 5.29. The van der Waals surface area contributed by atoms with Gasteiger partial charge in [-0.1, -0.05) is 51.5 Å². The monoisotopic (exact) mass is 315 g/mol. The Hall–Kier alpha value is -0.360. The first-order valence-electron chi connectivity index (χ1n) is 8.55. The quantitative estimate of drug-likeness (QED) is 0.182. The Morgan fingerprint density at radius 3 is 1.71 bits per heavy atom. The highest BCUT2D eigenvalue weighted by molar-refractivity contribution is 7.73. The summed E-state index contributed by atoms with van der Waals surface area (Å²) in [7, 11) is -0.541. The van der Waals surface area contributed by atoms with Gasteiger partial charge >= 0.3 is 5.97 Å². The maximum Gasteiger partial charge on any atom is 0.330 e. The van der Waals surface area contributed by atoms with Gasteiger partial charge in [0.15, 0.2) is 0 Å². The van der Waals surface area contributed by atoms with Crippen molar-refractivity contribution in [3.05, 3.63) is 12.7 Å². The fourth-order valence-corrected chi connectivity index (χ4v) is 3.51. The summed E-state index contributed by atoms with van der Waals surface area (Å²) < 4.78 is 4.94. The maximum absolute atomic E-state index is 10.8. The first-order valence-corrected chi connectivity index (χ1v) is 11.9. The normalized spacial score (nSPS) is 11.4. The van der Waals surface area contributed by atoms with Crippen LogP contribution in [0.4, 0.5) is 0 Å². The summed E-state index contributed by atoms with van der Waals surface area (Å²) in [6.07, 6.45) is 15.8. The van der Waals surface area contributed by atoms with Gasteiger partial charge in [-0.3, -0.25) is 0 Å². The van der Waals surface area contributed by atoms with E-state index in [0.29, 0.717) is 6.61 Å². The van der Waals surface area contributed by atoms with Crippen LogP contribution in [0.5, 0.6) is 0 Å². The minimum atomic E-state index is -0.541. The minimum absolute atomic E-state index is 0.302. The first-order chi connectivity index (χ1) is 9.95. The molecular weight excluding hydrogens is 279 g/mol. The molecule has 0 aromatic carbocycles. The smallest absolute Gasteiger partial charge is 0.330 e. The molecule has 0 spiro atoms. The first kappa shape index (κ1) is 20.6. The van der Waals surface area contributed by atoms with Crippen LogP contribution in [0.1, 0.15) is 64.2 Å². The van der Waals surface area contributed by atoms with Crippen LogP contribution in [0.25, 0.3) is 0 Å². The summed E-state index contributed by atoms with van der Waals surface area (Å²) in [4.78, 5) is 10.8. The molecule has 3 heteroatoms. The maximum atomic E-state index is 10.8. The van der Waals surface area contributed by atoms with Crippen molar-refractivity contribution in [2.45, 2.75) is 64.2 Å². The van der Waals surface area contributed by atoms with Crippen molar-refractivity contribution < 1.29 is 9.53 Å². The third-order valence-electron chi connectivity index (χ3n) is 3.63. The molecule has 0 radical (unpaired) electrons. The number of ether oxygens (including phenoxy) is 1. The van der Waals surface area contributed by atoms with E-state index in [1.807, 2.05) is 0 Å². The van der Waals surface area contributed by atoms with Crippen molar-refractivity contribution in [1.29, 1.82) is 0 Å². The number of carbonyl (C=O) groups is 1. The van der Waals surface area contributed by atoms with Crippen molar-refractivity contribution >= 4 is 13.2 Å². The van der Waals surface area contributed by atoms with Crippen LogP contribution in [0.2, 0.25) is 0 Å². The number of hydrogen-bond donors (Lipinski definition) is 0. The standard InChI is InChI=1S/C18H36O2P/c1-5-18(19)20-16-14-12-10-8-6-7-9-11-13-15-17-21(2,3)4/h5H,1,6-17H2,2-4H3/q+1. The van der Waals surface area contributed by atoms with Crippen LogP contribution < -0.4 is 0 Å². The Bertz CT molecular complexity index is 269. The van der Waals surface area contributed by atoms with Crippen molar-refractivity contribution in [3.63, 3.8) is 0 Å². The molecule has 0 aromatic heterocycles. The zero-order valence-electron chi connectivity index (χ0n) is 14.5. The molecule has 0 amide bonds. The van der Waals surface area contributed by atoms with E-state index in [0.717, 1.165) is 6.42 Å². The predicted octanol–water partition coefficient (Wildman–Crippen LogP) is 5.52. The molecule has 0 rings (SSSR count). The molecule has 0 aliphatic carbocycles. The van der Waals surface area contributed by atoms with E-state index >= 15 is 0 Å². The van der Waals surface area contributed by atoms with Crippen LogP contribution in [0, 0.1) is 0 Å². The van der Waals surface area contributed by atoms with Crippen LogP contribution in [0.15, 0.2) is 12.7 Å². The highest BCUT2D eigenvalue weighted by atomic mass is 31.2. The zero-order valence-corrected chi connectivity index (χ0v) is 15.4. The molecule has 0 atom stereocenters. The van der Waals surface area contributed by atoms with Crippen LogP contribution >= 0.6 is 7.26 Å². The Balaban J connectivity index is 3.09. The summed E-state index contributed by atoms with van der Waals surface area (Å²) in [5, 5.41) is 0. The zero-order chi connectivity index (χ0) is 16.0. The fraction of sp³-hybridized carbons (Fsp3) is 0.833. The molecule has 0 saturated carbocycles. The highest BCUT2D eigenvalue weighted by Crippen LogP contribution is 2.47. The van der Waals surface area contributed by atoms with Crippen molar-refractivity contribution in [2.24, 2.45) is 0 Å². The largest absolute Gasteiger partial charge is 0.463 e. The Labute approximate surface area is 133 Å². The molecule has 0 bridgehead atoms. The molecular formula is C18H36O2P+. The fourth-order valence-electron chi connectivity index (χ4n) is 2.33. The average molecular weight is 315 g/mol. The van der Waals surface area contributed by atoms with Gasteiger partial charge in [0, 0.05) is 33.3 Å². The molecule has 0 aliphatic rings. The van der Waals surface area contributed by atoms with E-state index < -0.39 is 7.26 Å². The van der Waals surface area contributed by atoms with Gasteiger partial charge in [0.05, 0.1) is 12.8 Å². The summed E-state index contributed by atoms with van der Waals surface area (Å²) in [6, 6.07) is 0. The van der Waals surface area contributed by atoms with Crippen molar-refractivity contribution in [3.8, 4) is 0 Å². The second-order valence-corrected chi connectivity index (χ2v) is 11.9. The topological polar surface area (TPSA) is 26.3 Å². The lowest BCUT2D eigenvalue weighted by Crippen LogP contribution is -2.01. The number of unbranched alkanes of at least 4 members (excludes halogenated alkanes) is 9.